The zero-order chi connectivity index (χ0) is 15.7. The predicted molar refractivity (Wildman–Crippen MR) is 83.0 cm³/mol. The Hall–Kier alpha value is -2.24. The summed E-state index contributed by atoms with van der Waals surface area (Å²) in [4.78, 5) is 27.7. The fourth-order valence-corrected chi connectivity index (χ4v) is 3.00. The molecule has 1 fully saturated rings. The Morgan fingerprint density at radius 1 is 1.41 bits per heavy atom. The Kier molecular flexibility index (Phi) is 3.92. The number of hydrogen-bond donors (Lipinski definition) is 0. The summed E-state index contributed by atoms with van der Waals surface area (Å²) in [5.41, 5.74) is 1.71. The third kappa shape index (κ3) is 2.61. The molecule has 0 aromatic carbocycles. The Bertz CT molecular complexity index is 694. The van der Waals surface area contributed by atoms with Crippen LogP contribution in [0, 0.1) is 6.92 Å². The van der Waals surface area contributed by atoms with Gasteiger partial charge in [-0.1, -0.05) is 6.92 Å². The van der Waals surface area contributed by atoms with E-state index >= 15 is 0 Å². The second-order valence-electron chi connectivity index (χ2n) is 5.71. The molecule has 6 heteroatoms. The second kappa shape index (κ2) is 5.87. The van der Waals surface area contributed by atoms with Gasteiger partial charge < -0.3 is 9.47 Å². The van der Waals surface area contributed by atoms with Crippen LogP contribution in [0.2, 0.25) is 0 Å². The number of rotatable bonds is 3. The SMILES string of the molecule is CCC(=O)N1CCC[C@H]1c1nc(C)cc(-c2nccn2C)n1. The lowest BCUT2D eigenvalue weighted by molar-refractivity contribution is -0.131. The van der Waals surface area contributed by atoms with E-state index in [0.717, 1.165) is 42.4 Å². The first-order valence-corrected chi connectivity index (χ1v) is 7.73. The van der Waals surface area contributed by atoms with Crippen molar-refractivity contribution in [1.82, 2.24) is 24.4 Å². The molecule has 1 atom stereocenters. The fraction of sp³-hybridized carbons (Fsp3) is 0.500. The van der Waals surface area contributed by atoms with E-state index in [9.17, 15) is 4.79 Å². The first-order valence-electron chi connectivity index (χ1n) is 7.73. The van der Waals surface area contributed by atoms with E-state index in [-0.39, 0.29) is 11.9 Å². The van der Waals surface area contributed by atoms with Crippen LogP contribution in [0.3, 0.4) is 0 Å². The molecule has 1 saturated heterocycles. The van der Waals surface area contributed by atoms with E-state index in [1.54, 1.807) is 6.20 Å². The Morgan fingerprint density at radius 3 is 2.91 bits per heavy atom. The van der Waals surface area contributed by atoms with Crippen LogP contribution in [-0.4, -0.2) is 36.9 Å². The summed E-state index contributed by atoms with van der Waals surface area (Å²) < 4.78 is 1.94. The van der Waals surface area contributed by atoms with E-state index in [4.69, 9.17) is 4.98 Å². The average molecular weight is 299 g/mol. The van der Waals surface area contributed by atoms with Crippen LogP contribution < -0.4 is 0 Å². The first-order chi connectivity index (χ1) is 10.6. The number of aryl methyl sites for hydroxylation is 2. The highest BCUT2D eigenvalue weighted by Crippen LogP contribution is 2.31. The zero-order valence-electron chi connectivity index (χ0n) is 13.3. The molecule has 2 aromatic rings. The third-order valence-corrected chi connectivity index (χ3v) is 4.10. The number of aromatic nitrogens is 4. The van der Waals surface area contributed by atoms with Crippen LogP contribution in [0.25, 0.3) is 11.5 Å². The van der Waals surface area contributed by atoms with Gasteiger partial charge in [-0.15, -0.1) is 0 Å². The maximum absolute atomic E-state index is 12.1. The van der Waals surface area contributed by atoms with Crippen molar-refractivity contribution in [2.24, 2.45) is 7.05 Å². The molecular formula is C16H21N5O. The Morgan fingerprint density at radius 2 is 2.23 bits per heavy atom. The Balaban J connectivity index is 1.99. The molecule has 0 aliphatic carbocycles. The minimum atomic E-state index is -0.00799. The van der Waals surface area contributed by atoms with Crippen molar-refractivity contribution in [1.29, 1.82) is 0 Å². The van der Waals surface area contributed by atoms with Crippen molar-refractivity contribution in [3.8, 4) is 11.5 Å². The summed E-state index contributed by atoms with van der Waals surface area (Å²) in [5.74, 6) is 1.72. The molecule has 6 nitrogen and oxygen atoms in total. The van der Waals surface area contributed by atoms with Crippen LogP contribution in [0.5, 0.6) is 0 Å². The summed E-state index contributed by atoms with van der Waals surface area (Å²) in [5, 5.41) is 0. The largest absolute Gasteiger partial charge is 0.333 e. The molecule has 116 valence electrons. The van der Waals surface area contributed by atoms with Crippen LogP contribution >= 0.6 is 0 Å². The quantitative estimate of drug-likeness (QED) is 0.872. The number of hydrogen-bond acceptors (Lipinski definition) is 4. The van der Waals surface area contributed by atoms with E-state index in [0.29, 0.717) is 6.42 Å². The summed E-state index contributed by atoms with van der Waals surface area (Å²) in [7, 11) is 1.95. The lowest BCUT2D eigenvalue weighted by atomic mass is 10.2. The highest BCUT2D eigenvalue weighted by molar-refractivity contribution is 5.76. The fourth-order valence-electron chi connectivity index (χ4n) is 3.00. The minimum Gasteiger partial charge on any atom is -0.333 e. The van der Waals surface area contributed by atoms with Crippen LogP contribution in [0.1, 0.15) is 43.7 Å². The number of likely N-dealkylation sites (tertiary alicyclic amines) is 1. The van der Waals surface area contributed by atoms with Gasteiger partial charge in [-0.3, -0.25) is 4.79 Å². The highest BCUT2D eigenvalue weighted by Gasteiger charge is 2.31. The van der Waals surface area contributed by atoms with Crippen molar-refractivity contribution in [3.05, 3.63) is 30.0 Å². The molecule has 2 aromatic heterocycles. The number of carbonyl (C=O) groups excluding carboxylic acids is 1. The van der Waals surface area contributed by atoms with Gasteiger partial charge in [0.15, 0.2) is 11.6 Å². The summed E-state index contributed by atoms with van der Waals surface area (Å²) in [6, 6.07) is 1.93. The number of nitrogens with zero attached hydrogens (tertiary/aromatic N) is 5. The Labute approximate surface area is 130 Å². The molecule has 1 aliphatic heterocycles. The van der Waals surface area contributed by atoms with Crippen molar-refractivity contribution < 1.29 is 4.79 Å². The molecule has 1 aliphatic rings. The number of imidazole rings is 1. The maximum Gasteiger partial charge on any atom is 0.222 e. The van der Waals surface area contributed by atoms with Crippen molar-refractivity contribution in [3.63, 3.8) is 0 Å². The lowest BCUT2D eigenvalue weighted by Gasteiger charge is -2.23. The number of amides is 1. The summed E-state index contributed by atoms with van der Waals surface area (Å²) in [6.07, 6.45) is 6.11. The molecule has 3 rings (SSSR count). The van der Waals surface area contributed by atoms with Gasteiger partial charge in [0, 0.05) is 38.1 Å². The van der Waals surface area contributed by atoms with E-state index < -0.39 is 0 Å². The molecule has 22 heavy (non-hydrogen) atoms. The topological polar surface area (TPSA) is 63.9 Å². The van der Waals surface area contributed by atoms with Crippen LogP contribution in [0.4, 0.5) is 0 Å². The van der Waals surface area contributed by atoms with Gasteiger partial charge in [0.25, 0.3) is 0 Å². The second-order valence-corrected chi connectivity index (χ2v) is 5.71. The first kappa shape index (κ1) is 14.7. The highest BCUT2D eigenvalue weighted by atomic mass is 16.2. The summed E-state index contributed by atoms with van der Waals surface area (Å²) in [6.45, 7) is 4.65. The van der Waals surface area contributed by atoms with Crippen LogP contribution in [-0.2, 0) is 11.8 Å². The molecule has 0 unspecified atom stereocenters. The van der Waals surface area contributed by atoms with Crippen molar-refractivity contribution in [2.45, 2.75) is 39.2 Å². The summed E-state index contributed by atoms with van der Waals surface area (Å²) >= 11 is 0. The normalized spacial score (nSPS) is 18.0. The zero-order valence-corrected chi connectivity index (χ0v) is 13.3. The molecule has 3 heterocycles. The van der Waals surface area contributed by atoms with E-state index in [1.165, 1.54) is 0 Å². The lowest BCUT2D eigenvalue weighted by Crippen LogP contribution is -2.31. The van der Waals surface area contributed by atoms with Gasteiger partial charge >= 0.3 is 0 Å². The maximum atomic E-state index is 12.1. The van der Waals surface area contributed by atoms with Gasteiger partial charge in [0.2, 0.25) is 5.91 Å². The molecule has 0 saturated carbocycles. The number of carbonyl (C=O) groups is 1. The molecule has 0 N–H and O–H groups in total. The molecule has 0 bridgehead atoms. The minimum absolute atomic E-state index is 0.00799. The van der Waals surface area contributed by atoms with Gasteiger partial charge in [-0.2, -0.15) is 0 Å². The van der Waals surface area contributed by atoms with E-state index in [2.05, 4.69) is 9.97 Å². The molecule has 0 radical (unpaired) electrons. The molecular weight excluding hydrogens is 278 g/mol. The standard InChI is InChI=1S/C16H21N5O/c1-4-14(22)21-8-5-6-13(21)15-18-11(2)10-12(19-15)16-17-7-9-20(16)3/h7,9-10,13H,4-6,8H2,1-3H3/t13-/m0/s1. The van der Waals surface area contributed by atoms with Gasteiger partial charge in [-0.25, -0.2) is 15.0 Å². The van der Waals surface area contributed by atoms with E-state index in [1.807, 2.05) is 42.6 Å². The van der Waals surface area contributed by atoms with Gasteiger partial charge in [0.05, 0.1) is 6.04 Å². The molecule has 0 spiro atoms. The van der Waals surface area contributed by atoms with Gasteiger partial charge in [-0.05, 0) is 25.8 Å². The van der Waals surface area contributed by atoms with Crippen LogP contribution in [0.15, 0.2) is 18.5 Å². The molecule has 1 amide bonds. The third-order valence-electron chi connectivity index (χ3n) is 4.10. The monoisotopic (exact) mass is 299 g/mol. The predicted octanol–water partition coefficient (Wildman–Crippen LogP) is 2.26. The van der Waals surface area contributed by atoms with Crippen molar-refractivity contribution in [2.75, 3.05) is 6.54 Å². The average Bonchev–Trinajstić information content (AvgIpc) is 3.14. The van der Waals surface area contributed by atoms with Crippen molar-refractivity contribution >= 4 is 5.91 Å². The van der Waals surface area contributed by atoms with Gasteiger partial charge in [0.1, 0.15) is 5.69 Å². The smallest absolute Gasteiger partial charge is 0.222 e.